The van der Waals surface area contributed by atoms with E-state index in [-0.39, 0.29) is 22.3 Å². The van der Waals surface area contributed by atoms with Crippen LogP contribution in [0.4, 0.5) is 5.69 Å². The van der Waals surface area contributed by atoms with Gasteiger partial charge in [0, 0.05) is 5.02 Å². The van der Waals surface area contributed by atoms with E-state index in [1.54, 1.807) is 30.3 Å². The normalized spacial score (nSPS) is 15.1. The van der Waals surface area contributed by atoms with Gasteiger partial charge in [-0.2, -0.15) is 0 Å². The largest absolute Gasteiger partial charge is 0.490 e. The summed E-state index contributed by atoms with van der Waals surface area (Å²) in [6.45, 7) is 6.16. The average molecular weight is 556 g/mol. The number of amides is 2. The number of rotatable bonds is 7. The molecule has 2 aromatic rings. The number of ether oxygens (including phenoxy) is 2. The summed E-state index contributed by atoms with van der Waals surface area (Å²) < 4.78 is 11.9. The van der Waals surface area contributed by atoms with Gasteiger partial charge in [0.2, 0.25) is 0 Å². The van der Waals surface area contributed by atoms with E-state index in [0.29, 0.717) is 38.9 Å². The molecule has 1 fully saturated rings. The molecule has 1 aliphatic rings. The van der Waals surface area contributed by atoms with Crippen LogP contribution in [-0.4, -0.2) is 30.1 Å². The van der Waals surface area contributed by atoms with Crippen LogP contribution >= 0.6 is 51.3 Å². The smallest absolute Gasteiger partial charge is 0.270 e. The lowest BCUT2D eigenvalue weighted by Crippen LogP contribution is -2.54. The highest BCUT2D eigenvalue weighted by atomic mass is 79.9. The number of anilines is 1. The maximum atomic E-state index is 13.2. The van der Waals surface area contributed by atoms with Crippen molar-refractivity contribution in [3.63, 3.8) is 0 Å². The molecule has 32 heavy (non-hydrogen) atoms. The van der Waals surface area contributed by atoms with Crippen LogP contribution in [0.25, 0.3) is 6.08 Å². The van der Waals surface area contributed by atoms with E-state index in [1.807, 2.05) is 6.92 Å². The van der Waals surface area contributed by atoms with Gasteiger partial charge in [0.1, 0.15) is 12.2 Å². The van der Waals surface area contributed by atoms with Gasteiger partial charge >= 0.3 is 0 Å². The second-order valence-corrected chi connectivity index (χ2v) is 8.50. The fraction of sp³-hybridized carbons (Fsp3) is 0.136. The van der Waals surface area contributed by atoms with Gasteiger partial charge in [-0.1, -0.05) is 35.9 Å². The first-order valence-corrected chi connectivity index (χ1v) is 11.3. The van der Waals surface area contributed by atoms with Crippen molar-refractivity contribution >= 4 is 80.0 Å². The number of nitrogens with one attached hydrogen (secondary N) is 1. The zero-order valence-corrected chi connectivity index (χ0v) is 20.7. The second kappa shape index (κ2) is 10.5. The summed E-state index contributed by atoms with van der Waals surface area (Å²) in [5.41, 5.74) is 0.722. The zero-order valence-electron chi connectivity index (χ0n) is 16.8. The number of carbonyl (C=O) groups is 2. The highest BCUT2D eigenvalue weighted by Crippen LogP contribution is 2.38. The van der Waals surface area contributed by atoms with E-state index < -0.39 is 11.8 Å². The molecule has 1 N–H and O–H groups in total. The van der Waals surface area contributed by atoms with Crippen molar-refractivity contribution in [3.8, 4) is 11.5 Å². The molecule has 10 heteroatoms. The third kappa shape index (κ3) is 5.15. The summed E-state index contributed by atoms with van der Waals surface area (Å²) >= 11 is 20.9. The predicted octanol–water partition coefficient (Wildman–Crippen LogP) is 5.55. The average Bonchev–Trinajstić information content (AvgIpc) is 2.72. The summed E-state index contributed by atoms with van der Waals surface area (Å²) in [7, 11) is 0. The lowest BCUT2D eigenvalue weighted by molar-refractivity contribution is -0.122. The van der Waals surface area contributed by atoms with Crippen LogP contribution in [0.3, 0.4) is 0 Å². The van der Waals surface area contributed by atoms with Crippen LogP contribution in [0.1, 0.15) is 12.5 Å². The first kappa shape index (κ1) is 24.3. The van der Waals surface area contributed by atoms with Crippen molar-refractivity contribution in [2.24, 2.45) is 0 Å². The molecule has 0 radical (unpaired) electrons. The Kier molecular flexibility index (Phi) is 7.95. The minimum absolute atomic E-state index is 0.0780. The third-order valence-corrected chi connectivity index (χ3v) is 5.65. The number of thiocarbonyl (C=S) groups is 1. The van der Waals surface area contributed by atoms with Gasteiger partial charge in [-0.25, -0.2) is 0 Å². The summed E-state index contributed by atoms with van der Waals surface area (Å²) in [6, 6.07) is 8.00. The van der Waals surface area contributed by atoms with Crippen molar-refractivity contribution in [2.75, 3.05) is 18.1 Å². The summed E-state index contributed by atoms with van der Waals surface area (Å²) in [6.07, 6.45) is 3.06. The molecular formula is C22H17BrCl2N2O4S. The topological polar surface area (TPSA) is 67.9 Å². The Morgan fingerprint density at radius 3 is 2.62 bits per heavy atom. The Morgan fingerprint density at radius 2 is 1.97 bits per heavy atom. The van der Waals surface area contributed by atoms with Gasteiger partial charge in [-0.05, 0) is 77.0 Å². The van der Waals surface area contributed by atoms with Crippen molar-refractivity contribution in [3.05, 3.63) is 68.6 Å². The van der Waals surface area contributed by atoms with Crippen molar-refractivity contribution in [1.29, 1.82) is 0 Å². The molecular weight excluding hydrogens is 539 g/mol. The molecule has 166 valence electrons. The summed E-state index contributed by atoms with van der Waals surface area (Å²) in [4.78, 5) is 27.0. The van der Waals surface area contributed by atoms with Crippen LogP contribution in [0.15, 0.2) is 53.0 Å². The van der Waals surface area contributed by atoms with Crippen molar-refractivity contribution < 1.29 is 19.1 Å². The van der Waals surface area contributed by atoms with Crippen LogP contribution in [-0.2, 0) is 9.59 Å². The molecule has 2 amide bonds. The highest BCUT2D eigenvalue weighted by Gasteiger charge is 2.35. The molecule has 0 bridgehead atoms. The molecule has 0 aliphatic carbocycles. The highest BCUT2D eigenvalue weighted by molar-refractivity contribution is 9.10. The van der Waals surface area contributed by atoms with Gasteiger partial charge in [0.05, 0.1) is 21.8 Å². The summed E-state index contributed by atoms with van der Waals surface area (Å²) in [5, 5.41) is 3.07. The SMILES string of the molecule is C=CCOc1c(Br)cc(/C=C2\C(=O)NC(=S)N(c3ccc(Cl)cc3Cl)C2=O)cc1OCC. The number of carbonyl (C=O) groups excluding carboxylic acids is 2. The molecule has 0 unspecified atom stereocenters. The van der Waals surface area contributed by atoms with E-state index in [4.69, 9.17) is 44.9 Å². The fourth-order valence-corrected chi connectivity index (χ4v) is 4.26. The monoisotopic (exact) mass is 554 g/mol. The Hall–Kier alpha value is -2.39. The van der Waals surface area contributed by atoms with Crippen LogP contribution in [0, 0.1) is 0 Å². The third-order valence-electron chi connectivity index (χ3n) is 4.24. The molecule has 1 saturated heterocycles. The van der Waals surface area contributed by atoms with Gasteiger partial charge < -0.3 is 9.47 Å². The lowest BCUT2D eigenvalue weighted by Gasteiger charge is -2.29. The van der Waals surface area contributed by atoms with E-state index in [0.717, 1.165) is 4.90 Å². The fourth-order valence-electron chi connectivity index (χ4n) is 2.92. The quantitative estimate of drug-likeness (QED) is 0.210. The lowest BCUT2D eigenvalue weighted by atomic mass is 10.1. The van der Waals surface area contributed by atoms with E-state index in [9.17, 15) is 9.59 Å². The molecule has 0 saturated carbocycles. The molecule has 2 aromatic carbocycles. The van der Waals surface area contributed by atoms with Crippen molar-refractivity contribution in [1.82, 2.24) is 5.32 Å². The number of hydrogen-bond acceptors (Lipinski definition) is 5. The number of benzene rings is 2. The van der Waals surface area contributed by atoms with E-state index >= 15 is 0 Å². The molecule has 6 nitrogen and oxygen atoms in total. The van der Waals surface area contributed by atoms with Gasteiger partial charge in [0.15, 0.2) is 16.6 Å². The zero-order chi connectivity index (χ0) is 23.4. The second-order valence-electron chi connectivity index (χ2n) is 6.42. The maximum Gasteiger partial charge on any atom is 0.270 e. The van der Waals surface area contributed by atoms with E-state index in [1.165, 1.54) is 12.1 Å². The van der Waals surface area contributed by atoms with Crippen molar-refractivity contribution in [2.45, 2.75) is 6.92 Å². The molecule has 1 aliphatic heterocycles. The van der Waals surface area contributed by atoms with E-state index in [2.05, 4.69) is 27.8 Å². The van der Waals surface area contributed by atoms with Crippen LogP contribution in [0.5, 0.6) is 11.5 Å². The number of halogens is 3. The van der Waals surface area contributed by atoms with Gasteiger partial charge in [-0.15, -0.1) is 0 Å². The standard InChI is InChI=1S/C22H17BrCl2N2O4S/c1-3-7-31-19-15(23)9-12(10-18(19)30-4-2)8-14-20(28)26-22(32)27(21(14)29)17-6-5-13(24)11-16(17)25/h3,5-6,8-11H,1,4,7H2,2H3,(H,26,28,32)/b14-8+. The molecule has 0 spiro atoms. The first-order chi connectivity index (χ1) is 15.3. The number of nitrogens with zero attached hydrogens (tertiary/aromatic N) is 1. The number of hydrogen-bond donors (Lipinski definition) is 1. The molecule has 0 atom stereocenters. The Labute approximate surface area is 208 Å². The van der Waals surface area contributed by atoms with Gasteiger partial charge in [-0.3, -0.25) is 19.8 Å². The van der Waals surface area contributed by atoms with Crippen LogP contribution < -0.4 is 19.7 Å². The van der Waals surface area contributed by atoms with Crippen LogP contribution in [0.2, 0.25) is 10.0 Å². The molecule has 1 heterocycles. The molecule has 3 rings (SSSR count). The Bertz CT molecular complexity index is 1150. The first-order valence-electron chi connectivity index (χ1n) is 9.33. The minimum atomic E-state index is -0.623. The summed E-state index contributed by atoms with van der Waals surface area (Å²) in [5.74, 6) is -0.303. The molecule has 0 aromatic heterocycles. The maximum absolute atomic E-state index is 13.2. The Morgan fingerprint density at radius 1 is 1.22 bits per heavy atom. The minimum Gasteiger partial charge on any atom is -0.490 e. The Balaban J connectivity index is 2.04. The van der Waals surface area contributed by atoms with Gasteiger partial charge in [0.25, 0.3) is 11.8 Å². The predicted molar refractivity (Wildman–Crippen MR) is 134 cm³/mol.